The van der Waals surface area contributed by atoms with Gasteiger partial charge in [-0.2, -0.15) is 0 Å². The smallest absolute Gasteiger partial charge is 0.324 e. The van der Waals surface area contributed by atoms with Gasteiger partial charge in [0.15, 0.2) is 11.6 Å². The van der Waals surface area contributed by atoms with Gasteiger partial charge in [-0.15, -0.1) is 0 Å². The fraction of sp³-hybridized carbons (Fsp3) is 0.364. The third-order valence-corrected chi connectivity index (χ3v) is 2.28. The minimum absolute atomic E-state index is 0.227. The topological polar surface area (TPSA) is 102 Å². The minimum Gasteiger partial charge on any atom is -0.488 e. The molecule has 19 heavy (non-hydrogen) atoms. The highest BCUT2D eigenvalue weighted by molar-refractivity contribution is 5.73. The predicted octanol–water partition coefficient (Wildman–Crippen LogP) is 1.18. The van der Waals surface area contributed by atoms with E-state index in [0.717, 1.165) is 18.2 Å². The predicted molar refractivity (Wildman–Crippen MR) is 63.6 cm³/mol. The van der Waals surface area contributed by atoms with Gasteiger partial charge in [-0.05, 0) is 12.6 Å². The van der Waals surface area contributed by atoms with Crippen LogP contribution in [-0.2, 0) is 4.79 Å². The molecule has 0 bridgehead atoms. The second-order valence-electron chi connectivity index (χ2n) is 3.63. The molecule has 0 aliphatic heterocycles. The van der Waals surface area contributed by atoms with Crippen molar-refractivity contribution < 1.29 is 24.0 Å². The van der Waals surface area contributed by atoms with E-state index in [1.165, 1.54) is 0 Å². The Hall–Kier alpha value is -2.22. The van der Waals surface area contributed by atoms with Gasteiger partial charge in [-0.1, -0.05) is 6.92 Å². The van der Waals surface area contributed by atoms with Crippen LogP contribution in [0.25, 0.3) is 0 Å². The SMILES string of the molecule is CCNC(COc1ccc([N+](=O)[O-])cc1F)C(=O)O. The highest BCUT2D eigenvalue weighted by Gasteiger charge is 2.18. The van der Waals surface area contributed by atoms with Crippen LogP contribution < -0.4 is 10.1 Å². The lowest BCUT2D eigenvalue weighted by molar-refractivity contribution is -0.385. The summed E-state index contributed by atoms with van der Waals surface area (Å²) >= 11 is 0. The van der Waals surface area contributed by atoms with Gasteiger partial charge in [0.1, 0.15) is 12.6 Å². The lowest BCUT2D eigenvalue weighted by atomic mass is 10.3. The number of rotatable bonds is 7. The number of nitro benzene ring substituents is 1. The summed E-state index contributed by atoms with van der Waals surface area (Å²) in [5.74, 6) is -2.26. The van der Waals surface area contributed by atoms with Gasteiger partial charge < -0.3 is 15.2 Å². The van der Waals surface area contributed by atoms with Crippen molar-refractivity contribution in [2.75, 3.05) is 13.2 Å². The number of carboxylic acids is 1. The Labute approximate surface area is 108 Å². The van der Waals surface area contributed by atoms with Crippen molar-refractivity contribution in [3.63, 3.8) is 0 Å². The van der Waals surface area contributed by atoms with Gasteiger partial charge in [-0.25, -0.2) is 4.39 Å². The van der Waals surface area contributed by atoms with Gasteiger partial charge in [0.25, 0.3) is 5.69 Å². The molecule has 0 amide bonds. The monoisotopic (exact) mass is 272 g/mol. The third-order valence-electron chi connectivity index (χ3n) is 2.28. The molecule has 0 fully saturated rings. The Bertz CT molecular complexity index is 480. The van der Waals surface area contributed by atoms with Gasteiger partial charge in [0.2, 0.25) is 0 Å². The Morgan fingerprint density at radius 3 is 2.79 bits per heavy atom. The summed E-state index contributed by atoms with van der Waals surface area (Å²) in [6.45, 7) is 1.86. The minimum atomic E-state index is -1.12. The number of nitrogens with zero attached hydrogens (tertiary/aromatic N) is 1. The molecule has 1 unspecified atom stereocenters. The summed E-state index contributed by atoms with van der Waals surface area (Å²) in [4.78, 5) is 20.5. The number of ether oxygens (including phenoxy) is 1. The molecule has 0 saturated carbocycles. The Morgan fingerprint density at radius 1 is 1.63 bits per heavy atom. The zero-order valence-electron chi connectivity index (χ0n) is 10.1. The first kappa shape index (κ1) is 14.8. The normalized spacial score (nSPS) is 11.9. The number of nitro groups is 1. The van der Waals surface area contributed by atoms with E-state index in [2.05, 4.69) is 5.32 Å². The van der Waals surface area contributed by atoms with Crippen LogP contribution in [0.1, 0.15) is 6.92 Å². The van der Waals surface area contributed by atoms with E-state index in [0.29, 0.717) is 6.54 Å². The van der Waals surface area contributed by atoms with Crippen LogP contribution in [0.2, 0.25) is 0 Å². The van der Waals surface area contributed by atoms with E-state index >= 15 is 0 Å². The van der Waals surface area contributed by atoms with Crippen LogP contribution in [-0.4, -0.2) is 35.2 Å². The number of halogens is 1. The first-order valence-corrected chi connectivity index (χ1v) is 5.48. The molecule has 104 valence electrons. The number of hydrogen-bond donors (Lipinski definition) is 2. The summed E-state index contributed by atoms with van der Waals surface area (Å²) in [5, 5.41) is 21.9. The first-order chi connectivity index (χ1) is 8.95. The Kier molecular flexibility index (Phi) is 5.19. The maximum absolute atomic E-state index is 13.5. The molecule has 2 N–H and O–H groups in total. The number of nitrogens with one attached hydrogen (secondary N) is 1. The molecule has 0 heterocycles. The molecule has 0 spiro atoms. The van der Waals surface area contributed by atoms with Crippen LogP contribution >= 0.6 is 0 Å². The fourth-order valence-corrected chi connectivity index (χ4v) is 1.36. The third kappa shape index (κ3) is 4.18. The average molecular weight is 272 g/mol. The van der Waals surface area contributed by atoms with E-state index in [-0.39, 0.29) is 12.4 Å². The zero-order chi connectivity index (χ0) is 14.4. The second kappa shape index (κ2) is 6.64. The number of non-ortho nitro benzene ring substituents is 1. The number of benzene rings is 1. The van der Waals surface area contributed by atoms with E-state index < -0.39 is 28.4 Å². The van der Waals surface area contributed by atoms with E-state index in [1.54, 1.807) is 6.92 Å². The average Bonchev–Trinajstić information content (AvgIpc) is 2.35. The van der Waals surface area contributed by atoms with Gasteiger partial charge in [-0.3, -0.25) is 14.9 Å². The van der Waals surface area contributed by atoms with Crippen molar-refractivity contribution in [1.82, 2.24) is 5.32 Å². The zero-order valence-corrected chi connectivity index (χ0v) is 10.1. The van der Waals surface area contributed by atoms with Gasteiger partial charge >= 0.3 is 5.97 Å². The molecular formula is C11H13FN2O5. The number of hydrogen-bond acceptors (Lipinski definition) is 5. The highest BCUT2D eigenvalue weighted by Crippen LogP contribution is 2.22. The summed E-state index contributed by atoms with van der Waals surface area (Å²) in [5.41, 5.74) is -0.397. The summed E-state index contributed by atoms with van der Waals surface area (Å²) in [6.07, 6.45) is 0. The Balaban J connectivity index is 2.72. The molecule has 1 atom stereocenters. The van der Waals surface area contributed by atoms with E-state index in [9.17, 15) is 19.3 Å². The van der Waals surface area contributed by atoms with Crippen molar-refractivity contribution in [2.45, 2.75) is 13.0 Å². The second-order valence-corrected chi connectivity index (χ2v) is 3.63. The van der Waals surface area contributed by atoms with Crippen molar-refractivity contribution in [3.8, 4) is 5.75 Å². The number of likely N-dealkylation sites (N-methyl/N-ethyl adjacent to an activating group) is 1. The van der Waals surface area contributed by atoms with Gasteiger partial charge in [0, 0.05) is 6.07 Å². The molecule has 1 rings (SSSR count). The van der Waals surface area contributed by atoms with Crippen LogP contribution in [0.4, 0.5) is 10.1 Å². The largest absolute Gasteiger partial charge is 0.488 e. The van der Waals surface area contributed by atoms with Gasteiger partial charge in [0.05, 0.1) is 11.0 Å². The molecular weight excluding hydrogens is 259 g/mol. The van der Waals surface area contributed by atoms with Crippen LogP contribution in [0.15, 0.2) is 18.2 Å². The molecule has 7 nitrogen and oxygen atoms in total. The van der Waals surface area contributed by atoms with E-state index in [4.69, 9.17) is 9.84 Å². The maximum atomic E-state index is 13.5. The molecule has 0 saturated heterocycles. The van der Waals surface area contributed by atoms with Crippen LogP contribution in [0, 0.1) is 15.9 Å². The summed E-state index contributed by atoms with van der Waals surface area (Å²) in [6, 6.07) is 1.93. The van der Waals surface area contributed by atoms with Crippen molar-refractivity contribution in [3.05, 3.63) is 34.1 Å². The Morgan fingerprint density at radius 2 is 2.32 bits per heavy atom. The number of aliphatic carboxylic acids is 1. The lowest BCUT2D eigenvalue weighted by Crippen LogP contribution is -2.41. The molecule has 1 aromatic rings. The highest BCUT2D eigenvalue weighted by atomic mass is 19.1. The summed E-state index contributed by atoms with van der Waals surface area (Å²) < 4.78 is 18.5. The standard InChI is InChI=1S/C11H13FN2O5/c1-2-13-9(11(15)16)6-19-10-4-3-7(14(17)18)5-8(10)12/h3-5,9,13H,2,6H2,1H3,(H,15,16). The van der Waals surface area contributed by atoms with E-state index in [1.807, 2.05) is 0 Å². The lowest BCUT2D eigenvalue weighted by Gasteiger charge is -2.14. The number of carboxylic acid groups (broad SMARTS) is 1. The number of carbonyl (C=O) groups is 1. The molecule has 0 aromatic heterocycles. The first-order valence-electron chi connectivity index (χ1n) is 5.48. The molecule has 8 heteroatoms. The van der Waals surface area contributed by atoms with Crippen molar-refractivity contribution in [1.29, 1.82) is 0 Å². The molecule has 0 radical (unpaired) electrons. The maximum Gasteiger partial charge on any atom is 0.324 e. The molecule has 0 aliphatic rings. The van der Waals surface area contributed by atoms with Crippen molar-refractivity contribution >= 4 is 11.7 Å². The summed E-state index contributed by atoms with van der Waals surface area (Å²) in [7, 11) is 0. The van der Waals surface area contributed by atoms with Crippen LogP contribution in [0.3, 0.4) is 0 Å². The fourth-order valence-electron chi connectivity index (χ4n) is 1.36. The molecule has 0 aliphatic carbocycles. The van der Waals surface area contributed by atoms with Crippen LogP contribution in [0.5, 0.6) is 5.75 Å². The molecule has 1 aromatic carbocycles. The van der Waals surface area contributed by atoms with Crippen molar-refractivity contribution in [2.24, 2.45) is 0 Å². The quantitative estimate of drug-likeness (QED) is 0.570.